The minimum Gasteiger partial charge on any atom is -0.444 e. The molecule has 0 bridgehead atoms. The molecule has 0 radical (unpaired) electrons. The van der Waals surface area contributed by atoms with Gasteiger partial charge in [-0.15, -0.1) is 35.1 Å². The lowest BCUT2D eigenvalue weighted by molar-refractivity contribution is -0.118. The van der Waals surface area contributed by atoms with Crippen molar-refractivity contribution in [3.63, 3.8) is 0 Å². The first-order chi connectivity index (χ1) is 28.9. The minimum absolute atomic E-state index is 0. The fraction of sp³-hybridized carbons (Fsp3) is 0.341. The molecule has 0 unspecified atom stereocenters. The van der Waals surface area contributed by atoms with Crippen LogP contribution in [-0.4, -0.2) is 98.3 Å². The zero-order chi connectivity index (χ0) is 42.3. The van der Waals surface area contributed by atoms with Gasteiger partial charge < -0.3 is 24.7 Å². The molecule has 2 aromatic carbocycles. The number of hydrazone groups is 2. The van der Waals surface area contributed by atoms with Crippen molar-refractivity contribution in [1.82, 2.24) is 10.4 Å². The summed E-state index contributed by atoms with van der Waals surface area (Å²) >= 11 is 14.3. The summed E-state index contributed by atoms with van der Waals surface area (Å²) in [5.41, 5.74) is 6.45. The molecule has 0 aliphatic carbocycles. The molecule has 15 nitrogen and oxygen atoms in total. The SMILES string of the molecule is CC1=NN(C=O)CCN1c1ccc(N2C[C@H](CCC(=O)c3ccc(Cl)s3)OC2=O)cc1.CC1=NNCCN1c1ccc(N2C[C@H](CCC(=O)c3ccc(Cl)s3)OC2=O)cc1.Cl. The number of hydrogen-bond donors (Lipinski definition) is 1. The number of Topliss-reactive ketones (excluding diaryl/α,β-unsaturated/α-hetero) is 2. The Morgan fingerprint density at radius 3 is 1.52 bits per heavy atom. The summed E-state index contributed by atoms with van der Waals surface area (Å²) in [6.45, 7) is 7.41. The molecule has 2 fully saturated rings. The molecule has 2 saturated heterocycles. The Morgan fingerprint density at radius 2 is 1.13 bits per heavy atom. The van der Waals surface area contributed by atoms with Crippen molar-refractivity contribution in [2.45, 2.75) is 51.7 Å². The van der Waals surface area contributed by atoms with Crippen LogP contribution in [-0.2, 0) is 14.3 Å². The monoisotopic (exact) mass is 928 g/mol. The number of rotatable bonds is 13. The second-order valence-corrected chi connectivity index (χ2v) is 17.6. The number of carbonyl (C=O) groups is 5. The fourth-order valence-electron chi connectivity index (χ4n) is 7.07. The van der Waals surface area contributed by atoms with Gasteiger partial charge in [0.2, 0.25) is 6.41 Å². The Bertz CT molecular complexity index is 2290. The van der Waals surface area contributed by atoms with Crippen LogP contribution in [0.5, 0.6) is 0 Å². The van der Waals surface area contributed by atoms with Crippen LogP contribution in [0.4, 0.5) is 32.3 Å². The van der Waals surface area contributed by atoms with Crippen LogP contribution in [0, 0.1) is 0 Å². The van der Waals surface area contributed by atoms with Crippen LogP contribution in [0.2, 0.25) is 8.67 Å². The molecule has 2 atom stereocenters. The summed E-state index contributed by atoms with van der Waals surface area (Å²) < 4.78 is 12.1. The predicted molar refractivity (Wildman–Crippen MR) is 243 cm³/mol. The molecule has 4 aliphatic rings. The average molecular weight is 930 g/mol. The first kappa shape index (κ1) is 45.3. The van der Waals surface area contributed by atoms with Crippen LogP contribution in [0.25, 0.3) is 0 Å². The van der Waals surface area contributed by atoms with Crippen LogP contribution >= 0.6 is 58.3 Å². The number of cyclic esters (lactones) is 2. The number of carbonyl (C=O) groups excluding carboxylic acids is 5. The maximum atomic E-state index is 12.3. The van der Waals surface area contributed by atoms with Crippen LogP contribution in [0.3, 0.4) is 0 Å². The van der Waals surface area contributed by atoms with Gasteiger partial charge in [-0.25, -0.2) is 14.6 Å². The number of amides is 3. The van der Waals surface area contributed by atoms with E-state index in [1.54, 1.807) is 34.1 Å². The van der Waals surface area contributed by atoms with Crippen molar-refractivity contribution in [1.29, 1.82) is 0 Å². The Morgan fingerprint density at radius 1 is 0.689 bits per heavy atom. The van der Waals surface area contributed by atoms with Crippen molar-refractivity contribution in [3.05, 3.63) is 91.2 Å². The van der Waals surface area contributed by atoms with E-state index >= 15 is 0 Å². The van der Waals surface area contributed by atoms with Crippen molar-refractivity contribution in [2.75, 3.05) is 58.9 Å². The molecule has 1 N–H and O–H groups in total. The van der Waals surface area contributed by atoms with Gasteiger partial charge in [0.05, 0.1) is 44.6 Å². The van der Waals surface area contributed by atoms with E-state index in [0.29, 0.717) is 76.7 Å². The fourth-order valence-corrected chi connectivity index (χ4v) is 9.09. The predicted octanol–water partition coefficient (Wildman–Crippen LogP) is 8.56. The number of thiophene rings is 2. The van der Waals surface area contributed by atoms with E-state index in [1.165, 1.54) is 27.7 Å². The summed E-state index contributed by atoms with van der Waals surface area (Å²) in [4.78, 5) is 68.6. The smallest absolute Gasteiger partial charge is 0.414 e. The number of ketones is 2. The summed E-state index contributed by atoms with van der Waals surface area (Å²) in [6, 6.07) is 22.2. The molecule has 4 aromatic rings. The lowest BCUT2D eigenvalue weighted by Gasteiger charge is -2.31. The van der Waals surface area contributed by atoms with Gasteiger partial charge in [-0.3, -0.25) is 24.2 Å². The normalized spacial score (nSPS) is 18.6. The van der Waals surface area contributed by atoms with Crippen LogP contribution < -0.4 is 25.0 Å². The Labute approximate surface area is 376 Å². The van der Waals surface area contributed by atoms with E-state index in [2.05, 4.69) is 20.5 Å². The van der Waals surface area contributed by atoms with E-state index in [1.807, 2.05) is 67.3 Å². The first-order valence-electron chi connectivity index (χ1n) is 19.3. The number of amidine groups is 2. The molecule has 322 valence electrons. The highest BCUT2D eigenvalue weighted by atomic mass is 35.5. The molecule has 6 heterocycles. The molecule has 0 spiro atoms. The van der Waals surface area contributed by atoms with E-state index in [-0.39, 0.29) is 42.3 Å². The van der Waals surface area contributed by atoms with Gasteiger partial charge in [0, 0.05) is 48.7 Å². The lowest BCUT2D eigenvalue weighted by atomic mass is 10.1. The second-order valence-electron chi connectivity index (χ2n) is 14.2. The number of nitrogens with one attached hydrogen (secondary N) is 1. The second kappa shape index (κ2) is 20.6. The Balaban J connectivity index is 0.000000201. The highest BCUT2D eigenvalue weighted by Gasteiger charge is 2.34. The Kier molecular flexibility index (Phi) is 15.3. The molecule has 61 heavy (non-hydrogen) atoms. The van der Waals surface area contributed by atoms with E-state index in [9.17, 15) is 24.0 Å². The lowest BCUT2D eigenvalue weighted by Crippen LogP contribution is -2.42. The van der Waals surface area contributed by atoms with Gasteiger partial charge in [-0.2, -0.15) is 10.2 Å². The Hall–Kier alpha value is -5.20. The third-order valence-corrected chi connectivity index (χ3v) is 12.7. The van der Waals surface area contributed by atoms with Gasteiger partial charge in [-0.05, 0) is 99.5 Å². The van der Waals surface area contributed by atoms with Gasteiger partial charge >= 0.3 is 12.2 Å². The zero-order valence-electron chi connectivity index (χ0n) is 33.2. The quantitative estimate of drug-likeness (QED) is 0.102. The number of ether oxygens (including phenoxy) is 2. The summed E-state index contributed by atoms with van der Waals surface area (Å²) in [5, 5.41) is 9.84. The highest BCUT2D eigenvalue weighted by Crippen LogP contribution is 2.30. The van der Waals surface area contributed by atoms with Crippen molar-refractivity contribution < 1.29 is 33.4 Å². The number of nitrogens with zero attached hydrogens (tertiary/aromatic N) is 7. The van der Waals surface area contributed by atoms with Gasteiger partial charge in [0.25, 0.3) is 0 Å². The van der Waals surface area contributed by atoms with E-state index in [4.69, 9.17) is 32.7 Å². The first-order valence-corrected chi connectivity index (χ1v) is 21.7. The van der Waals surface area contributed by atoms with Crippen molar-refractivity contribution in [2.24, 2.45) is 10.2 Å². The number of hydrogen-bond acceptors (Lipinski definition) is 14. The van der Waals surface area contributed by atoms with Crippen molar-refractivity contribution in [3.8, 4) is 0 Å². The molecule has 3 amide bonds. The maximum absolute atomic E-state index is 12.3. The van der Waals surface area contributed by atoms with Crippen LogP contribution in [0.15, 0.2) is 83.0 Å². The van der Waals surface area contributed by atoms with Crippen LogP contribution in [0.1, 0.15) is 58.9 Å². The topological polar surface area (TPSA) is 157 Å². The van der Waals surface area contributed by atoms with Crippen molar-refractivity contribution >= 4 is 123 Å². The zero-order valence-corrected chi connectivity index (χ0v) is 37.2. The largest absolute Gasteiger partial charge is 0.444 e. The molecule has 4 aliphatic heterocycles. The third-order valence-electron chi connectivity index (χ3n) is 10.2. The number of halogens is 3. The van der Waals surface area contributed by atoms with Gasteiger partial charge in [0.1, 0.15) is 23.9 Å². The van der Waals surface area contributed by atoms with Gasteiger partial charge in [-0.1, -0.05) is 23.2 Å². The number of benzene rings is 2. The highest BCUT2D eigenvalue weighted by molar-refractivity contribution is 7.18. The minimum atomic E-state index is -0.415. The van der Waals surface area contributed by atoms with Gasteiger partial charge in [0.15, 0.2) is 11.6 Å². The third kappa shape index (κ3) is 11.2. The molecular formula is C41H43Cl3N8O7S2. The summed E-state index contributed by atoms with van der Waals surface area (Å²) in [7, 11) is 0. The average Bonchev–Trinajstić information content (AvgIpc) is 4.07. The molecule has 0 saturated carbocycles. The molecule has 20 heteroatoms. The maximum Gasteiger partial charge on any atom is 0.414 e. The number of anilines is 4. The molecule has 8 rings (SSSR count). The molecular weight excluding hydrogens is 887 g/mol. The standard InChI is InChI=1S/C21H21ClN4O4S.C20H21ClN4O3S.ClH/c1-14-23-24(13-27)10-11-25(14)15-2-4-16(5-3-15)26-12-17(30-21(26)29)6-7-18(28)19-8-9-20(22)31-19;1-13-23-22-10-11-24(13)14-2-4-15(5-3-14)25-12-16(28-20(25)27)6-7-17(26)18-8-9-19(21)29-18;/h2-5,8-9,13,17H,6-7,10-12H2,1H3;2-5,8-9,16,22H,6-7,10-12H2,1H3;1H/t17-;16-;/m00./s1. The van der Waals surface area contributed by atoms with E-state index in [0.717, 1.165) is 47.5 Å². The summed E-state index contributed by atoms with van der Waals surface area (Å²) in [6.07, 6.45) is 0.854. The summed E-state index contributed by atoms with van der Waals surface area (Å²) in [5.74, 6) is 1.65. The van der Waals surface area contributed by atoms with E-state index < -0.39 is 6.09 Å². The molecule has 2 aromatic heterocycles.